The van der Waals surface area contributed by atoms with Gasteiger partial charge in [-0.25, -0.2) is 0 Å². The topological polar surface area (TPSA) is 33.2 Å². The Morgan fingerprint density at radius 1 is 1.21 bits per heavy atom. The van der Waals surface area contributed by atoms with E-state index in [4.69, 9.17) is 11.6 Å². The third kappa shape index (κ3) is 6.43. The summed E-state index contributed by atoms with van der Waals surface area (Å²) in [4.78, 5) is 15.6. The van der Waals surface area contributed by atoms with Crippen LogP contribution in [-0.4, -0.2) is 28.3 Å². The van der Waals surface area contributed by atoms with Gasteiger partial charge in [-0.3, -0.25) is 9.78 Å². The van der Waals surface area contributed by atoms with Crippen LogP contribution in [0.5, 0.6) is 0 Å². The van der Waals surface area contributed by atoms with Crippen molar-refractivity contribution in [3.63, 3.8) is 0 Å². The van der Waals surface area contributed by atoms with Crippen LogP contribution in [0.15, 0.2) is 30.6 Å². The molecule has 14 heavy (non-hydrogen) atoms. The van der Waals surface area contributed by atoms with Crippen LogP contribution in [0.3, 0.4) is 0 Å². The van der Waals surface area contributed by atoms with Gasteiger partial charge in [0.25, 0.3) is 0 Å². The van der Waals surface area contributed by atoms with E-state index in [9.17, 15) is 4.79 Å². The molecule has 1 heterocycles. The lowest BCUT2D eigenvalue weighted by Crippen LogP contribution is -2.24. The first-order valence-electron chi connectivity index (χ1n) is 4.51. The predicted octanol–water partition coefficient (Wildman–Crippen LogP) is 2.77. The number of rotatable bonds is 2. The predicted molar refractivity (Wildman–Crippen MR) is 58.4 cm³/mol. The smallest absolute Gasteiger partial charge is 0.316 e. The molecule has 0 N–H and O–H groups in total. The highest BCUT2D eigenvalue weighted by Crippen LogP contribution is 1.93. The normalized spacial score (nSPS) is 8.50. The van der Waals surface area contributed by atoms with Gasteiger partial charge in [0.2, 0.25) is 0 Å². The lowest BCUT2D eigenvalue weighted by atomic mass is 10.5. The van der Waals surface area contributed by atoms with Gasteiger partial charge < -0.3 is 4.90 Å². The molecule has 3 nitrogen and oxygen atoms in total. The van der Waals surface area contributed by atoms with Crippen molar-refractivity contribution in [1.29, 1.82) is 0 Å². The maximum atomic E-state index is 10.3. The fraction of sp³-hybridized carbons (Fsp3) is 0.400. The number of hydrogen-bond donors (Lipinski definition) is 0. The zero-order chi connectivity index (χ0) is 10.8. The number of carbonyl (C=O) groups is 1. The molecule has 1 amide bonds. The molecule has 0 atom stereocenters. The minimum absolute atomic E-state index is 0.366. The first-order valence-corrected chi connectivity index (χ1v) is 4.89. The highest BCUT2D eigenvalue weighted by Gasteiger charge is 2.02. The van der Waals surface area contributed by atoms with E-state index in [1.54, 1.807) is 17.3 Å². The fourth-order valence-electron chi connectivity index (χ4n) is 0.785. The first-order chi connectivity index (χ1) is 6.72. The highest BCUT2D eigenvalue weighted by atomic mass is 35.5. The van der Waals surface area contributed by atoms with Crippen LogP contribution in [0.4, 0.5) is 4.79 Å². The molecule has 0 saturated heterocycles. The maximum Gasteiger partial charge on any atom is 0.316 e. The average Bonchev–Trinajstić information content (AvgIpc) is 2.22. The molecule has 1 rings (SSSR count). The van der Waals surface area contributed by atoms with Crippen molar-refractivity contribution >= 4 is 17.0 Å². The molecule has 78 valence electrons. The summed E-state index contributed by atoms with van der Waals surface area (Å²) in [6, 6.07) is 5.72. The summed E-state index contributed by atoms with van der Waals surface area (Å²) in [5, 5.41) is -0.366. The Morgan fingerprint density at radius 2 is 1.71 bits per heavy atom. The van der Waals surface area contributed by atoms with Gasteiger partial charge >= 0.3 is 5.37 Å². The highest BCUT2D eigenvalue weighted by molar-refractivity contribution is 6.62. The van der Waals surface area contributed by atoms with Crippen LogP contribution >= 0.6 is 11.6 Å². The zero-order valence-electron chi connectivity index (χ0n) is 8.48. The number of aromatic nitrogens is 1. The molecule has 0 unspecified atom stereocenters. The number of nitrogens with zero attached hydrogens (tertiary/aromatic N) is 2. The molecular weight excluding hydrogens is 200 g/mol. The summed E-state index contributed by atoms with van der Waals surface area (Å²) >= 11 is 5.13. The molecule has 0 aliphatic carbocycles. The van der Waals surface area contributed by atoms with Gasteiger partial charge in [-0.1, -0.05) is 6.07 Å². The van der Waals surface area contributed by atoms with Gasteiger partial charge in [-0.15, -0.1) is 0 Å². The molecule has 0 bridgehead atoms. The zero-order valence-corrected chi connectivity index (χ0v) is 9.24. The molecule has 0 aromatic carbocycles. The van der Waals surface area contributed by atoms with Gasteiger partial charge in [-0.05, 0) is 37.6 Å². The van der Waals surface area contributed by atoms with Crippen molar-refractivity contribution in [2.45, 2.75) is 13.8 Å². The minimum Gasteiger partial charge on any atom is -0.330 e. The van der Waals surface area contributed by atoms with E-state index in [1.165, 1.54) is 0 Å². The van der Waals surface area contributed by atoms with Gasteiger partial charge in [-0.2, -0.15) is 0 Å². The lowest BCUT2D eigenvalue weighted by Gasteiger charge is -2.12. The Balaban J connectivity index is 0.000000249. The number of carbonyl (C=O) groups excluding carboxylic acids is 1. The van der Waals surface area contributed by atoms with E-state index in [-0.39, 0.29) is 5.37 Å². The molecule has 0 radical (unpaired) electrons. The van der Waals surface area contributed by atoms with E-state index in [0.717, 1.165) is 0 Å². The summed E-state index contributed by atoms with van der Waals surface area (Å²) < 4.78 is 0. The molecule has 0 saturated carbocycles. The van der Waals surface area contributed by atoms with E-state index >= 15 is 0 Å². The second-order valence-corrected chi connectivity index (χ2v) is 2.77. The van der Waals surface area contributed by atoms with Crippen LogP contribution in [0, 0.1) is 0 Å². The average molecular weight is 215 g/mol. The van der Waals surface area contributed by atoms with Crippen LogP contribution in [0.25, 0.3) is 0 Å². The lowest BCUT2D eigenvalue weighted by molar-refractivity contribution is 0.227. The Labute approximate surface area is 89.7 Å². The Morgan fingerprint density at radius 3 is 1.79 bits per heavy atom. The van der Waals surface area contributed by atoms with E-state index < -0.39 is 0 Å². The Bertz CT molecular complexity index is 210. The van der Waals surface area contributed by atoms with E-state index in [1.807, 2.05) is 32.0 Å². The van der Waals surface area contributed by atoms with E-state index in [2.05, 4.69) is 4.98 Å². The number of halogens is 1. The molecule has 0 fully saturated rings. The van der Waals surface area contributed by atoms with Crippen molar-refractivity contribution in [2.24, 2.45) is 0 Å². The molecule has 4 heteroatoms. The Kier molecular flexibility index (Phi) is 7.84. The molecule has 1 aromatic heterocycles. The van der Waals surface area contributed by atoms with Crippen LogP contribution in [-0.2, 0) is 0 Å². The maximum absolute atomic E-state index is 10.3. The second-order valence-electron chi connectivity index (χ2n) is 2.45. The summed E-state index contributed by atoms with van der Waals surface area (Å²) in [5.41, 5.74) is 0. The molecule has 0 aliphatic heterocycles. The van der Waals surface area contributed by atoms with Crippen molar-refractivity contribution < 1.29 is 4.79 Å². The van der Waals surface area contributed by atoms with Crippen molar-refractivity contribution in [3.05, 3.63) is 30.6 Å². The van der Waals surface area contributed by atoms with Gasteiger partial charge in [0, 0.05) is 25.5 Å². The van der Waals surface area contributed by atoms with E-state index in [0.29, 0.717) is 13.1 Å². The van der Waals surface area contributed by atoms with Crippen LogP contribution < -0.4 is 0 Å². The number of hydrogen-bond acceptors (Lipinski definition) is 2. The summed E-state index contributed by atoms with van der Waals surface area (Å²) in [6.07, 6.45) is 3.50. The third-order valence-electron chi connectivity index (χ3n) is 1.58. The molecular formula is C10H15ClN2O. The fourth-order valence-corrected chi connectivity index (χ4v) is 1.02. The number of pyridine rings is 1. The van der Waals surface area contributed by atoms with Gasteiger partial charge in [0.1, 0.15) is 0 Å². The van der Waals surface area contributed by atoms with Crippen molar-refractivity contribution in [3.8, 4) is 0 Å². The quantitative estimate of drug-likeness (QED) is 0.560. The molecule has 1 aromatic rings. The van der Waals surface area contributed by atoms with Crippen molar-refractivity contribution in [2.75, 3.05) is 13.1 Å². The first kappa shape index (κ1) is 12.9. The Hall–Kier alpha value is -1.09. The molecule has 0 spiro atoms. The minimum atomic E-state index is -0.366. The third-order valence-corrected chi connectivity index (χ3v) is 1.82. The van der Waals surface area contributed by atoms with Crippen LogP contribution in [0.1, 0.15) is 13.8 Å². The number of amides is 1. The second kappa shape index (κ2) is 8.51. The largest absolute Gasteiger partial charge is 0.330 e. The van der Waals surface area contributed by atoms with Crippen molar-refractivity contribution in [1.82, 2.24) is 9.88 Å². The van der Waals surface area contributed by atoms with Gasteiger partial charge in [0.15, 0.2) is 0 Å². The standard InChI is InChI=1S/C5H10ClNO.C5H5N/c1-3-7(4-2)5(6)8;1-2-4-6-5-3-1/h3-4H2,1-2H3;1-5H. The summed E-state index contributed by atoms with van der Waals surface area (Å²) in [7, 11) is 0. The molecule has 0 aliphatic rings. The van der Waals surface area contributed by atoms with Gasteiger partial charge in [0.05, 0.1) is 0 Å². The SMILES string of the molecule is CCN(CC)C(=O)Cl.c1ccncc1. The summed E-state index contributed by atoms with van der Waals surface area (Å²) in [5.74, 6) is 0. The van der Waals surface area contributed by atoms with Crippen LogP contribution in [0.2, 0.25) is 0 Å². The monoisotopic (exact) mass is 214 g/mol. The summed E-state index contributed by atoms with van der Waals surface area (Å²) in [6.45, 7) is 5.17.